The number of methoxy groups -OCH3 is 1. The molecule has 0 unspecified atom stereocenters. The van der Waals surface area contributed by atoms with Crippen molar-refractivity contribution >= 4 is 17.3 Å². The molecule has 0 aromatic carbocycles. The van der Waals surface area contributed by atoms with Crippen LogP contribution in [0.4, 0.5) is 0 Å². The first kappa shape index (κ1) is 15.1. The Morgan fingerprint density at radius 2 is 2.39 bits per heavy atom. The smallest absolute Gasteiger partial charge is 0.317 e. The summed E-state index contributed by atoms with van der Waals surface area (Å²) >= 11 is 1.64. The molecule has 1 aromatic heterocycles. The Morgan fingerprint density at radius 3 is 3.00 bits per heavy atom. The number of carboxylic acids is 1. The lowest BCUT2D eigenvalue weighted by Gasteiger charge is -2.18. The molecule has 0 saturated heterocycles. The van der Waals surface area contributed by atoms with Gasteiger partial charge >= 0.3 is 5.97 Å². The highest BCUT2D eigenvalue weighted by molar-refractivity contribution is 7.09. The van der Waals surface area contributed by atoms with Crippen LogP contribution in [0.2, 0.25) is 0 Å². The molecule has 0 saturated carbocycles. The van der Waals surface area contributed by atoms with Crippen molar-refractivity contribution in [3.05, 3.63) is 16.1 Å². The Hall–Kier alpha value is -0.980. The van der Waals surface area contributed by atoms with E-state index in [0.29, 0.717) is 19.7 Å². The highest BCUT2D eigenvalue weighted by Crippen LogP contribution is 2.13. The summed E-state index contributed by atoms with van der Waals surface area (Å²) in [7, 11) is 1.61. The Labute approximate surface area is 111 Å². The number of ether oxygens (including phenoxy) is 1. The highest BCUT2D eigenvalue weighted by Gasteiger charge is 2.12. The van der Waals surface area contributed by atoms with Gasteiger partial charge in [0.25, 0.3) is 0 Å². The second kappa shape index (κ2) is 8.18. The molecule has 0 aliphatic carbocycles. The minimum absolute atomic E-state index is 0.0179. The van der Waals surface area contributed by atoms with Gasteiger partial charge in [0.05, 0.1) is 23.9 Å². The molecule has 0 spiro atoms. The van der Waals surface area contributed by atoms with Gasteiger partial charge in [0.1, 0.15) is 0 Å². The van der Waals surface area contributed by atoms with Crippen molar-refractivity contribution in [3.63, 3.8) is 0 Å². The lowest BCUT2D eigenvalue weighted by molar-refractivity contribution is -0.138. The van der Waals surface area contributed by atoms with Crippen LogP contribution in [-0.4, -0.2) is 47.8 Å². The summed E-state index contributed by atoms with van der Waals surface area (Å²) in [4.78, 5) is 17.1. The summed E-state index contributed by atoms with van der Waals surface area (Å²) in [6, 6.07) is 0. The van der Waals surface area contributed by atoms with Crippen molar-refractivity contribution in [2.45, 2.75) is 26.3 Å². The second-order valence-electron chi connectivity index (χ2n) is 4.08. The van der Waals surface area contributed by atoms with Gasteiger partial charge in [-0.2, -0.15) is 0 Å². The van der Waals surface area contributed by atoms with Crippen LogP contribution in [0.3, 0.4) is 0 Å². The van der Waals surface area contributed by atoms with E-state index in [9.17, 15) is 4.79 Å². The number of aryl methyl sites for hydroxylation is 1. The van der Waals surface area contributed by atoms with Crippen LogP contribution < -0.4 is 0 Å². The summed E-state index contributed by atoms with van der Waals surface area (Å²) in [6.07, 6.45) is 2.07. The predicted molar refractivity (Wildman–Crippen MR) is 70.9 cm³/mol. The lowest BCUT2D eigenvalue weighted by atomic mass is 10.3. The van der Waals surface area contributed by atoms with Crippen molar-refractivity contribution < 1.29 is 14.6 Å². The van der Waals surface area contributed by atoms with Gasteiger partial charge in [-0.15, -0.1) is 11.3 Å². The predicted octanol–water partition coefficient (Wildman–Crippen LogP) is 1.63. The minimum Gasteiger partial charge on any atom is -0.480 e. The fourth-order valence-electron chi connectivity index (χ4n) is 1.61. The van der Waals surface area contributed by atoms with E-state index in [2.05, 4.69) is 11.9 Å². The zero-order valence-electron chi connectivity index (χ0n) is 10.9. The largest absolute Gasteiger partial charge is 0.480 e. The first-order valence-electron chi connectivity index (χ1n) is 6.02. The maximum atomic E-state index is 10.8. The quantitative estimate of drug-likeness (QED) is 0.740. The standard InChI is InChI=1S/C12H20N2O3S/c1-3-4-11-13-10(9-18-11)7-14(5-6-17-2)8-12(15)16/h9H,3-8H2,1-2H3,(H,15,16). The number of hydrogen-bond donors (Lipinski definition) is 1. The van der Waals surface area contributed by atoms with E-state index < -0.39 is 5.97 Å². The number of rotatable bonds is 9. The summed E-state index contributed by atoms with van der Waals surface area (Å²) in [5.74, 6) is -0.824. The number of nitrogens with zero attached hydrogens (tertiary/aromatic N) is 2. The van der Waals surface area contributed by atoms with Crippen LogP contribution in [-0.2, 0) is 22.5 Å². The van der Waals surface area contributed by atoms with E-state index in [-0.39, 0.29) is 6.54 Å². The third-order valence-corrected chi connectivity index (χ3v) is 3.38. The SMILES string of the molecule is CCCc1nc(CN(CCOC)CC(=O)O)cs1. The fourth-order valence-corrected chi connectivity index (χ4v) is 2.50. The maximum absolute atomic E-state index is 10.8. The van der Waals surface area contributed by atoms with Crippen molar-refractivity contribution in [2.24, 2.45) is 0 Å². The molecule has 0 aliphatic heterocycles. The van der Waals surface area contributed by atoms with E-state index in [4.69, 9.17) is 9.84 Å². The van der Waals surface area contributed by atoms with Crippen molar-refractivity contribution in [1.82, 2.24) is 9.88 Å². The molecule has 0 atom stereocenters. The van der Waals surface area contributed by atoms with Gasteiger partial charge < -0.3 is 9.84 Å². The van der Waals surface area contributed by atoms with Crippen molar-refractivity contribution in [3.8, 4) is 0 Å². The average Bonchev–Trinajstić information content (AvgIpc) is 2.73. The second-order valence-corrected chi connectivity index (χ2v) is 5.02. The minimum atomic E-state index is -0.824. The number of thiazole rings is 1. The maximum Gasteiger partial charge on any atom is 0.317 e. The molecule has 5 nitrogen and oxygen atoms in total. The van der Waals surface area contributed by atoms with Gasteiger partial charge in [-0.05, 0) is 12.8 Å². The van der Waals surface area contributed by atoms with E-state index >= 15 is 0 Å². The molecule has 0 fully saturated rings. The normalized spacial score (nSPS) is 11.1. The van der Waals surface area contributed by atoms with Gasteiger partial charge in [0.2, 0.25) is 0 Å². The Balaban J connectivity index is 2.54. The van der Waals surface area contributed by atoms with Gasteiger partial charge in [0, 0.05) is 25.6 Å². The van der Waals surface area contributed by atoms with Crippen LogP contribution in [0.5, 0.6) is 0 Å². The van der Waals surface area contributed by atoms with Crippen LogP contribution in [0.25, 0.3) is 0 Å². The molecule has 18 heavy (non-hydrogen) atoms. The Bertz CT molecular complexity index is 368. The monoisotopic (exact) mass is 272 g/mol. The van der Waals surface area contributed by atoms with Gasteiger partial charge in [-0.1, -0.05) is 6.92 Å². The highest BCUT2D eigenvalue weighted by atomic mass is 32.1. The van der Waals surface area contributed by atoms with Crippen LogP contribution in [0, 0.1) is 0 Å². The van der Waals surface area contributed by atoms with Crippen molar-refractivity contribution in [1.29, 1.82) is 0 Å². The molecule has 6 heteroatoms. The zero-order valence-corrected chi connectivity index (χ0v) is 11.7. The molecule has 102 valence electrons. The van der Waals surface area contributed by atoms with Crippen LogP contribution in [0.1, 0.15) is 24.0 Å². The first-order chi connectivity index (χ1) is 8.65. The van der Waals surface area contributed by atoms with Gasteiger partial charge in [0.15, 0.2) is 0 Å². The summed E-state index contributed by atoms with van der Waals surface area (Å²) in [6.45, 7) is 3.83. The lowest BCUT2D eigenvalue weighted by Crippen LogP contribution is -2.32. The van der Waals surface area contributed by atoms with E-state index in [1.165, 1.54) is 0 Å². The molecule has 0 radical (unpaired) electrons. The van der Waals surface area contributed by atoms with Gasteiger partial charge in [-0.25, -0.2) is 4.98 Å². The van der Waals surface area contributed by atoms with E-state index in [1.54, 1.807) is 18.4 Å². The molecule has 0 amide bonds. The number of hydrogen-bond acceptors (Lipinski definition) is 5. The molecule has 1 rings (SSSR count). The van der Waals surface area contributed by atoms with Crippen LogP contribution >= 0.6 is 11.3 Å². The number of aromatic nitrogens is 1. The first-order valence-corrected chi connectivity index (χ1v) is 6.90. The van der Waals surface area contributed by atoms with Crippen molar-refractivity contribution in [2.75, 3.05) is 26.8 Å². The Morgan fingerprint density at radius 1 is 1.61 bits per heavy atom. The number of carboxylic acid groups (broad SMARTS) is 1. The molecule has 1 N–H and O–H groups in total. The number of carbonyl (C=O) groups is 1. The van der Waals surface area contributed by atoms with Crippen LogP contribution in [0.15, 0.2) is 5.38 Å². The third-order valence-electron chi connectivity index (χ3n) is 2.42. The fraction of sp³-hybridized carbons (Fsp3) is 0.667. The molecule has 0 bridgehead atoms. The average molecular weight is 272 g/mol. The molecule has 0 aliphatic rings. The van der Waals surface area contributed by atoms with E-state index in [1.807, 2.05) is 10.3 Å². The number of aliphatic carboxylic acids is 1. The summed E-state index contributed by atoms with van der Waals surface area (Å²) in [5, 5.41) is 12.0. The molecular weight excluding hydrogens is 252 g/mol. The molecular formula is C12H20N2O3S. The summed E-state index contributed by atoms with van der Waals surface area (Å²) < 4.78 is 4.98. The molecule has 1 aromatic rings. The van der Waals surface area contributed by atoms with E-state index in [0.717, 1.165) is 23.5 Å². The molecule has 1 heterocycles. The van der Waals surface area contributed by atoms with Gasteiger partial charge in [-0.3, -0.25) is 9.69 Å². The Kier molecular flexibility index (Phi) is 6.85. The summed E-state index contributed by atoms with van der Waals surface area (Å²) in [5.41, 5.74) is 0.945. The topological polar surface area (TPSA) is 62.7 Å². The third kappa shape index (κ3) is 5.57. The zero-order chi connectivity index (χ0) is 13.4.